The first-order valence-electron chi connectivity index (χ1n) is 8.21. The van der Waals surface area contributed by atoms with Gasteiger partial charge in [0.1, 0.15) is 12.3 Å². The number of carbonyl (C=O) groups is 1. The van der Waals surface area contributed by atoms with Crippen molar-refractivity contribution < 1.29 is 14.3 Å². The van der Waals surface area contributed by atoms with Crippen LogP contribution in [0.5, 0.6) is 5.75 Å². The molecule has 1 N–H and O–H groups in total. The van der Waals surface area contributed by atoms with Crippen LogP contribution in [0.25, 0.3) is 11.2 Å². The number of hydrogen-bond acceptors (Lipinski definition) is 5. The highest BCUT2D eigenvalue weighted by Crippen LogP contribution is 2.27. The molecule has 0 aliphatic rings. The summed E-state index contributed by atoms with van der Waals surface area (Å²) in [4.78, 5) is 29.5. The van der Waals surface area contributed by atoms with E-state index in [2.05, 4.69) is 10.3 Å². The third-order valence-electron chi connectivity index (χ3n) is 4.03. The number of pyridine rings is 1. The van der Waals surface area contributed by atoms with Crippen molar-refractivity contribution in [3.63, 3.8) is 0 Å². The zero-order valence-corrected chi connectivity index (χ0v) is 15.7. The molecule has 8 nitrogen and oxygen atoms in total. The summed E-state index contributed by atoms with van der Waals surface area (Å²) in [6, 6.07) is 8.40. The highest BCUT2D eigenvalue weighted by molar-refractivity contribution is 6.32. The number of methoxy groups -OCH3 is 2. The first kappa shape index (κ1) is 18.9. The molecule has 27 heavy (non-hydrogen) atoms. The van der Waals surface area contributed by atoms with Gasteiger partial charge in [-0.1, -0.05) is 11.6 Å². The molecule has 0 aliphatic heterocycles. The quantitative estimate of drug-likeness (QED) is 0.667. The van der Waals surface area contributed by atoms with Crippen molar-refractivity contribution in [1.29, 1.82) is 0 Å². The van der Waals surface area contributed by atoms with Gasteiger partial charge in [-0.2, -0.15) is 0 Å². The summed E-state index contributed by atoms with van der Waals surface area (Å²) in [5.74, 6) is 0.158. The molecule has 1 aromatic carbocycles. The Hall–Kier alpha value is -2.84. The van der Waals surface area contributed by atoms with Crippen molar-refractivity contribution in [1.82, 2.24) is 14.1 Å². The summed E-state index contributed by atoms with van der Waals surface area (Å²) in [6.45, 7) is 0.572. The van der Waals surface area contributed by atoms with Crippen LogP contribution in [0.15, 0.2) is 41.3 Å². The molecule has 3 rings (SSSR count). The van der Waals surface area contributed by atoms with Crippen LogP contribution < -0.4 is 15.7 Å². The fraction of sp³-hybridized carbons (Fsp3) is 0.278. The first-order chi connectivity index (χ1) is 13.0. The average molecular weight is 391 g/mol. The molecule has 0 spiro atoms. The normalized spacial score (nSPS) is 10.9. The summed E-state index contributed by atoms with van der Waals surface area (Å²) >= 11 is 6.07. The van der Waals surface area contributed by atoms with Gasteiger partial charge in [0.05, 0.1) is 30.8 Å². The summed E-state index contributed by atoms with van der Waals surface area (Å²) in [5, 5.41) is 3.12. The Labute approximate surface area is 160 Å². The van der Waals surface area contributed by atoms with Gasteiger partial charge in [-0.25, -0.2) is 9.78 Å². The maximum Gasteiger partial charge on any atom is 0.330 e. The Morgan fingerprint density at radius 1 is 1.26 bits per heavy atom. The second-order valence-electron chi connectivity index (χ2n) is 5.76. The van der Waals surface area contributed by atoms with E-state index in [0.29, 0.717) is 40.8 Å². The van der Waals surface area contributed by atoms with Gasteiger partial charge in [0, 0.05) is 19.0 Å². The highest BCUT2D eigenvalue weighted by Gasteiger charge is 2.16. The number of nitrogens with one attached hydrogen (secondary N) is 1. The number of carbonyl (C=O) groups excluding carboxylic acids is 1. The predicted molar refractivity (Wildman–Crippen MR) is 103 cm³/mol. The van der Waals surface area contributed by atoms with E-state index in [0.717, 1.165) is 0 Å². The van der Waals surface area contributed by atoms with E-state index >= 15 is 0 Å². The second kappa shape index (κ2) is 8.24. The average Bonchev–Trinajstić information content (AvgIpc) is 2.92. The van der Waals surface area contributed by atoms with E-state index in [1.807, 2.05) is 0 Å². The van der Waals surface area contributed by atoms with Gasteiger partial charge in [0.15, 0.2) is 5.65 Å². The number of rotatable bonds is 7. The summed E-state index contributed by atoms with van der Waals surface area (Å²) in [5.41, 5.74) is 1.30. The molecule has 142 valence electrons. The van der Waals surface area contributed by atoms with Crippen molar-refractivity contribution in [3.05, 3.63) is 52.0 Å². The summed E-state index contributed by atoms with van der Waals surface area (Å²) < 4.78 is 13.0. The minimum absolute atomic E-state index is 0.148. The van der Waals surface area contributed by atoms with Crippen LogP contribution in [-0.2, 0) is 22.6 Å². The predicted octanol–water partition coefficient (Wildman–Crippen LogP) is 2.15. The SMILES string of the molecule is COCCn1c(=O)n(CC(=O)Nc2ccc(OC)c(Cl)c2)c2cccnc21. The Balaban J connectivity index is 1.85. The van der Waals surface area contributed by atoms with E-state index < -0.39 is 0 Å². The van der Waals surface area contributed by atoms with Crippen molar-refractivity contribution in [2.75, 3.05) is 26.1 Å². The first-order valence-corrected chi connectivity index (χ1v) is 8.59. The van der Waals surface area contributed by atoms with Crippen molar-refractivity contribution in [3.8, 4) is 5.75 Å². The molecule has 2 heterocycles. The largest absolute Gasteiger partial charge is 0.495 e. The number of nitrogens with zero attached hydrogens (tertiary/aromatic N) is 3. The van der Waals surface area contributed by atoms with Crippen LogP contribution in [0.1, 0.15) is 0 Å². The zero-order valence-electron chi connectivity index (χ0n) is 14.9. The minimum Gasteiger partial charge on any atom is -0.495 e. The highest BCUT2D eigenvalue weighted by atomic mass is 35.5. The fourth-order valence-electron chi connectivity index (χ4n) is 2.77. The second-order valence-corrected chi connectivity index (χ2v) is 6.16. The third-order valence-corrected chi connectivity index (χ3v) is 4.33. The Morgan fingerprint density at radius 3 is 2.78 bits per heavy atom. The number of anilines is 1. The lowest BCUT2D eigenvalue weighted by Gasteiger charge is -2.08. The maximum absolute atomic E-state index is 12.7. The van der Waals surface area contributed by atoms with Gasteiger partial charge in [-0.15, -0.1) is 0 Å². The number of amides is 1. The molecule has 3 aromatic rings. The molecule has 0 saturated heterocycles. The van der Waals surface area contributed by atoms with Crippen LogP contribution in [-0.4, -0.2) is 40.9 Å². The summed E-state index contributed by atoms with van der Waals surface area (Å²) in [6.07, 6.45) is 1.61. The van der Waals surface area contributed by atoms with Crippen LogP contribution in [0.3, 0.4) is 0 Å². The lowest BCUT2D eigenvalue weighted by molar-refractivity contribution is -0.116. The van der Waals surface area contributed by atoms with E-state index in [1.165, 1.54) is 16.2 Å². The fourth-order valence-corrected chi connectivity index (χ4v) is 3.03. The molecule has 0 bridgehead atoms. The molecule has 0 aliphatic carbocycles. The van der Waals surface area contributed by atoms with Crippen molar-refractivity contribution in [2.24, 2.45) is 0 Å². The Morgan fingerprint density at radius 2 is 2.07 bits per heavy atom. The zero-order chi connectivity index (χ0) is 19.4. The van der Waals surface area contributed by atoms with Gasteiger partial charge in [0.25, 0.3) is 0 Å². The smallest absolute Gasteiger partial charge is 0.330 e. The van der Waals surface area contributed by atoms with E-state index in [4.69, 9.17) is 21.1 Å². The van der Waals surface area contributed by atoms with Crippen LogP contribution >= 0.6 is 11.6 Å². The lowest BCUT2D eigenvalue weighted by atomic mass is 10.3. The van der Waals surface area contributed by atoms with Crippen molar-refractivity contribution in [2.45, 2.75) is 13.1 Å². The standard InChI is InChI=1S/C18H19ClN4O4/c1-26-9-8-22-17-14(4-3-7-20-17)23(18(22)25)11-16(24)21-12-5-6-15(27-2)13(19)10-12/h3-7,10H,8-9,11H2,1-2H3,(H,21,24). The number of aromatic nitrogens is 3. The maximum atomic E-state index is 12.7. The molecular weight excluding hydrogens is 372 g/mol. The molecule has 0 saturated carbocycles. The van der Waals surface area contributed by atoms with Gasteiger partial charge < -0.3 is 14.8 Å². The van der Waals surface area contributed by atoms with Crippen LogP contribution in [0.2, 0.25) is 5.02 Å². The molecule has 2 aromatic heterocycles. The van der Waals surface area contributed by atoms with Gasteiger partial charge in [-0.3, -0.25) is 13.9 Å². The Kier molecular flexibility index (Phi) is 5.78. The number of hydrogen-bond donors (Lipinski definition) is 1. The van der Waals surface area contributed by atoms with E-state index in [-0.39, 0.29) is 18.1 Å². The molecule has 0 radical (unpaired) electrons. The van der Waals surface area contributed by atoms with Crippen LogP contribution in [0, 0.1) is 0 Å². The van der Waals surface area contributed by atoms with Gasteiger partial charge in [-0.05, 0) is 30.3 Å². The molecule has 1 amide bonds. The monoisotopic (exact) mass is 390 g/mol. The van der Waals surface area contributed by atoms with E-state index in [1.54, 1.807) is 43.6 Å². The molecule has 0 fully saturated rings. The number of halogens is 1. The Bertz CT molecular complexity index is 1030. The molecule has 0 unspecified atom stereocenters. The molecule has 0 atom stereocenters. The van der Waals surface area contributed by atoms with Gasteiger partial charge >= 0.3 is 5.69 Å². The number of ether oxygens (including phenoxy) is 2. The minimum atomic E-state index is -0.354. The third kappa shape index (κ3) is 3.96. The number of benzene rings is 1. The van der Waals surface area contributed by atoms with Crippen LogP contribution in [0.4, 0.5) is 5.69 Å². The molecular formula is C18H19ClN4O4. The molecule has 9 heteroatoms. The number of imidazole rings is 1. The summed E-state index contributed by atoms with van der Waals surface area (Å²) in [7, 11) is 3.07. The topological polar surface area (TPSA) is 87.4 Å². The van der Waals surface area contributed by atoms with E-state index in [9.17, 15) is 9.59 Å². The lowest BCUT2D eigenvalue weighted by Crippen LogP contribution is -2.30. The van der Waals surface area contributed by atoms with Crippen molar-refractivity contribution >= 4 is 34.4 Å². The van der Waals surface area contributed by atoms with Gasteiger partial charge in [0.2, 0.25) is 5.91 Å². The number of fused-ring (bicyclic) bond motifs is 1.